The van der Waals surface area contributed by atoms with Crippen molar-refractivity contribution < 1.29 is 23.9 Å². The lowest BCUT2D eigenvalue weighted by Gasteiger charge is -2.40. The Morgan fingerprint density at radius 3 is 2.42 bits per heavy atom. The molecule has 3 fully saturated rings. The summed E-state index contributed by atoms with van der Waals surface area (Å²) in [5.74, 6) is -1.33. The van der Waals surface area contributed by atoms with E-state index >= 15 is 0 Å². The van der Waals surface area contributed by atoms with Crippen LogP contribution in [-0.2, 0) is 20.8 Å². The highest BCUT2D eigenvalue weighted by atomic mass is 19.1. The third-order valence-corrected chi connectivity index (χ3v) is 7.51. The lowest BCUT2D eigenvalue weighted by atomic mass is 9.79. The van der Waals surface area contributed by atoms with E-state index in [1.807, 2.05) is 16.0 Å². The van der Waals surface area contributed by atoms with Gasteiger partial charge in [-0.05, 0) is 55.9 Å². The smallest absolute Gasteiger partial charge is 0.307 e. The third kappa shape index (κ3) is 5.72. The molecule has 5 rings (SSSR count). The average molecular weight is 499 g/mol. The van der Waals surface area contributed by atoms with Crippen molar-refractivity contribution in [3.63, 3.8) is 0 Å². The molecule has 1 aromatic carbocycles. The second-order valence-corrected chi connectivity index (χ2v) is 10.2. The summed E-state index contributed by atoms with van der Waals surface area (Å²) in [5.41, 5.74) is 1.25. The normalized spacial score (nSPS) is 23.1. The van der Waals surface area contributed by atoms with E-state index in [4.69, 9.17) is 0 Å². The van der Waals surface area contributed by atoms with Crippen LogP contribution < -0.4 is 5.32 Å². The molecule has 2 aliphatic carbocycles. The number of benzene rings is 1. The zero-order valence-corrected chi connectivity index (χ0v) is 20.1. The average Bonchev–Trinajstić information content (AvgIpc) is 3.56. The molecule has 1 unspecified atom stereocenters. The lowest BCUT2D eigenvalue weighted by molar-refractivity contribution is -0.143. The van der Waals surface area contributed by atoms with E-state index < -0.39 is 11.9 Å². The fourth-order valence-corrected chi connectivity index (χ4v) is 5.09. The number of hydrogen-bond acceptors (Lipinski definition) is 6. The van der Waals surface area contributed by atoms with Gasteiger partial charge in [-0.25, -0.2) is 9.07 Å². The van der Waals surface area contributed by atoms with Gasteiger partial charge in [0.15, 0.2) is 0 Å². The van der Waals surface area contributed by atoms with Gasteiger partial charge in [0, 0.05) is 50.4 Å². The first-order valence-corrected chi connectivity index (χ1v) is 12.6. The first-order chi connectivity index (χ1) is 17.4. The number of aromatic nitrogens is 3. The number of amides is 2. The molecule has 1 atom stereocenters. The topological polar surface area (TPSA) is 121 Å². The van der Waals surface area contributed by atoms with E-state index in [1.54, 1.807) is 4.68 Å². The van der Waals surface area contributed by atoms with Crippen molar-refractivity contribution in [3.8, 4) is 0 Å². The molecule has 0 bridgehead atoms. The van der Waals surface area contributed by atoms with E-state index in [0.717, 1.165) is 12.8 Å². The van der Waals surface area contributed by atoms with E-state index in [1.165, 1.54) is 24.3 Å². The van der Waals surface area contributed by atoms with Crippen molar-refractivity contribution in [2.45, 2.75) is 38.1 Å². The van der Waals surface area contributed by atoms with Gasteiger partial charge in [0.05, 0.1) is 24.2 Å². The molecular weight excluding hydrogens is 467 g/mol. The molecule has 2 amide bonds. The van der Waals surface area contributed by atoms with Crippen LogP contribution in [-0.4, -0.2) is 80.4 Å². The summed E-state index contributed by atoms with van der Waals surface area (Å²) in [4.78, 5) is 40.6. The Hall–Kier alpha value is -3.34. The Labute approximate surface area is 208 Å². The van der Waals surface area contributed by atoms with Crippen molar-refractivity contribution in [1.29, 1.82) is 0 Å². The first kappa shape index (κ1) is 24.4. The summed E-state index contributed by atoms with van der Waals surface area (Å²) in [5, 5.41) is 20.6. The van der Waals surface area contributed by atoms with Crippen LogP contribution in [0.25, 0.3) is 0 Å². The molecule has 1 aliphatic heterocycles. The molecule has 11 heteroatoms. The standard InChI is InChI=1S/C25H31FN6O4/c26-18-3-5-19(6-4-18)27-23(33)15-30-7-9-31(10-8-30)24(34)17-11-21(12-17)32-14-20(28-29-32)13-22(25(35)36)16-1-2-16/h3-6,14,16-17,21-22H,1-2,7-13,15H2,(H,27,33)(H,35,36). The number of rotatable bonds is 9. The molecule has 2 heterocycles. The number of anilines is 1. The molecule has 2 saturated carbocycles. The number of carbonyl (C=O) groups excluding carboxylic acids is 2. The summed E-state index contributed by atoms with van der Waals surface area (Å²) in [6.45, 7) is 2.63. The third-order valence-electron chi connectivity index (χ3n) is 7.51. The fourth-order valence-electron chi connectivity index (χ4n) is 5.09. The molecule has 1 saturated heterocycles. The number of aliphatic carboxylic acids is 1. The fraction of sp³-hybridized carbons (Fsp3) is 0.560. The Balaban J connectivity index is 1.03. The van der Waals surface area contributed by atoms with Gasteiger partial charge in [-0.15, -0.1) is 5.10 Å². The van der Waals surface area contributed by atoms with Crippen LogP contribution in [0.5, 0.6) is 0 Å². The first-order valence-electron chi connectivity index (χ1n) is 12.6. The second-order valence-electron chi connectivity index (χ2n) is 10.2. The minimum atomic E-state index is -0.769. The number of carboxylic acid groups (broad SMARTS) is 1. The SMILES string of the molecule is O=C(CN1CCN(C(=O)C2CC(n3cc(CC(C(=O)O)C4CC4)nn3)C2)CC1)Nc1ccc(F)cc1. The zero-order valence-electron chi connectivity index (χ0n) is 20.1. The molecular formula is C25H31FN6O4. The van der Waals surface area contributed by atoms with Crippen molar-refractivity contribution in [2.24, 2.45) is 17.8 Å². The molecule has 192 valence electrons. The summed E-state index contributed by atoms with van der Waals surface area (Å²) in [6.07, 6.45) is 5.57. The van der Waals surface area contributed by atoms with Crippen molar-refractivity contribution >= 4 is 23.5 Å². The van der Waals surface area contributed by atoms with E-state index in [-0.39, 0.29) is 42.1 Å². The van der Waals surface area contributed by atoms with Gasteiger partial charge in [0.25, 0.3) is 0 Å². The van der Waals surface area contributed by atoms with E-state index in [0.29, 0.717) is 56.8 Å². The van der Waals surface area contributed by atoms with Crippen LogP contribution in [0, 0.1) is 23.6 Å². The lowest BCUT2D eigenvalue weighted by Crippen LogP contribution is -2.53. The Morgan fingerprint density at radius 1 is 1.08 bits per heavy atom. The quantitative estimate of drug-likeness (QED) is 0.541. The maximum atomic E-state index is 13.0. The van der Waals surface area contributed by atoms with Crippen LogP contribution >= 0.6 is 0 Å². The molecule has 36 heavy (non-hydrogen) atoms. The predicted octanol–water partition coefficient (Wildman–Crippen LogP) is 1.80. The van der Waals surface area contributed by atoms with Crippen LogP contribution in [0.2, 0.25) is 0 Å². The van der Waals surface area contributed by atoms with Crippen molar-refractivity contribution in [3.05, 3.63) is 42.0 Å². The van der Waals surface area contributed by atoms with Gasteiger partial charge in [-0.1, -0.05) is 5.21 Å². The monoisotopic (exact) mass is 498 g/mol. The molecule has 0 spiro atoms. The van der Waals surface area contributed by atoms with Gasteiger partial charge in [-0.3, -0.25) is 19.3 Å². The van der Waals surface area contributed by atoms with Crippen LogP contribution in [0.15, 0.2) is 30.5 Å². The number of carbonyl (C=O) groups is 3. The van der Waals surface area contributed by atoms with Gasteiger partial charge in [0.1, 0.15) is 5.82 Å². The van der Waals surface area contributed by atoms with Gasteiger partial charge in [-0.2, -0.15) is 0 Å². The second kappa shape index (κ2) is 10.3. The minimum Gasteiger partial charge on any atom is -0.481 e. The maximum Gasteiger partial charge on any atom is 0.307 e. The molecule has 2 aromatic rings. The van der Waals surface area contributed by atoms with Crippen molar-refractivity contribution in [2.75, 3.05) is 38.0 Å². The largest absolute Gasteiger partial charge is 0.481 e. The number of piperazine rings is 1. The van der Waals surface area contributed by atoms with E-state index in [2.05, 4.69) is 15.6 Å². The number of nitrogens with one attached hydrogen (secondary N) is 1. The number of nitrogens with zero attached hydrogens (tertiary/aromatic N) is 5. The zero-order chi connectivity index (χ0) is 25.2. The summed E-state index contributed by atoms with van der Waals surface area (Å²) >= 11 is 0. The predicted molar refractivity (Wildman–Crippen MR) is 127 cm³/mol. The Morgan fingerprint density at radius 2 is 1.78 bits per heavy atom. The summed E-state index contributed by atoms with van der Waals surface area (Å²) in [7, 11) is 0. The number of halogens is 1. The summed E-state index contributed by atoms with van der Waals surface area (Å²) in [6, 6.07) is 5.77. The number of carboxylic acids is 1. The highest BCUT2D eigenvalue weighted by molar-refractivity contribution is 5.92. The molecule has 3 aliphatic rings. The number of hydrogen-bond donors (Lipinski definition) is 2. The molecule has 10 nitrogen and oxygen atoms in total. The highest BCUT2D eigenvalue weighted by Gasteiger charge is 2.40. The molecule has 0 radical (unpaired) electrons. The highest BCUT2D eigenvalue weighted by Crippen LogP contribution is 2.40. The maximum absolute atomic E-state index is 13.0. The van der Waals surface area contributed by atoms with Crippen LogP contribution in [0.4, 0.5) is 10.1 Å². The van der Waals surface area contributed by atoms with Crippen LogP contribution in [0.1, 0.15) is 37.4 Å². The van der Waals surface area contributed by atoms with Gasteiger partial charge in [0.2, 0.25) is 11.8 Å². The van der Waals surface area contributed by atoms with Gasteiger partial charge < -0.3 is 15.3 Å². The van der Waals surface area contributed by atoms with Crippen LogP contribution in [0.3, 0.4) is 0 Å². The Kier molecular flexibility index (Phi) is 6.99. The molecule has 2 N–H and O–H groups in total. The minimum absolute atomic E-state index is 0.0470. The molecule has 1 aromatic heterocycles. The van der Waals surface area contributed by atoms with Gasteiger partial charge >= 0.3 is 5.97 Å². The Bertz CT molecular complexity index is 1100. The van der Waals surface area contributed by atoms with E-state index in [9.17, 15) is 23.9 Å². The summed E-state index contributed by atoms with van der Waals surface area (Å²) < 4.78 is 14.8. The van der Waals surface area contributed by atoms with Crippen molar-refractivity contribution in [1.82, 2.24) is 24.8 Å².